The molecule has 0 radical (unpaired) electrons. The molecule has 3 nitrogen and oxygen atoms in total. The predicted molar refractivity (Wildman–Crippen MR) is 76.0 cm³/mol. The topological polar surface area (TPSA) is 41.1 Å². The highest BCUT2D eigenvalue weighted by Crippen LogP contribution is 2.33. The number of hydrogen-bond donors (Lipinski definition) is 2. The van der Waals surface area contributed by atoms with Crippen molar-refractivity contribution in [2.45, 2.75) is 50.1 Å². The molecule has 1 saturated heterocycles. The smallest absolute Gasteiger partial charge is 0.221 e. The Morgan fingerprint density at radius 3 is 2.63 bits per heavy atom. The van der Waals surface area contributed by atoms with E-state index in [0.29, 0.717) is 24.4 Å². The van der Waals surface area contributed by atoms with Gasteiger partial charge in [0.15, 0.2) is 0 Å². The van der Waals surface area contributed by atoms with Crippen molar-refractivity contribution in [1.82, 2.24) is 10.6 Å². The van der Waals surface area contributed by atoms with Gasteiger partial charge in [0.25, 0.3) is 0 Å². The van der Waals surface area contributed by atoms with E-state index < -0.39 is 0 Å². The van der Waals surface area contributed by atoms with Gasteiger partial charge in [-0.15, -0.1) is 0 Å². The standard InChI is InChI=1S/C16H22N2O/c19-16-10-13(11-17-16)18-15-9-5-4-8-14(15)12-6-2-1-3-7-12/h1-3,6-7,13-15,18H,4-5,8-11H2,(H,17,19). The van der Waals surface area contributed by atoms with Gasteiger partial charge in [0.2, 0.25) is 5.91 Å². The molecule has 3 unspecified atom stereocenters. The normalized spacial score (nSPS) is 31.2. The van der Waals surface area contributed by atoms with Crippen molar-refractivity contribution < 1.29 is 4.79 Å². The fraction of sp³-hybridized carbons (Fsp3) is 0.562. The summed E-state index contributed by atoms with van der Waals surface area (Å²) in [5.74, 6) is 0.787. The summed E-state index contributed by atoms with van der Waals surface area (Å²) in [6.45, 7) is 0.789. The number of nitrogens with one attached hydrogen (secondary N) is 2. The van der Waals surface area contributed by atoms with E-state index in [9.17, 15) is 4.79 Å². The van der Waals surface area contributed by atoms with Crippen molar-refractivity contribution in [3.8, 4) is 0 Å². The lowest BCUT2D eigenvalue weighted by atomic mass is 9.79. The Labute approximate surface area is 114 Å². The number of rotatable bonds is 3. The van der Waals surface area contributed by atoms with Crippen molar-refractivity contribution in [3.05, 3.63) is 35.9 Å². The zero-order chi connectivity index (χ0) is 13.1. The average molecular weight is 258 g/mol. The first kappa shape index (κ1) is 12.7. The molecule has 1 aromatic rings. The Morgan fingerprint density at radius 2 is 1.89 bits per heavy atom. The molecule has 3 atom stereocenters. The van der Waals surface area contributed by atoms with Gasteiger partial charge in [0, 0.05) is 25.0 Å². The number of carbonyl (C=O) groups excluding carboxylic acids is 1. The van der Waals surface area contributed by atoms with Crippen LogP contribution in [0.3, 0.4) is 0 Å². The maximum atomic E-state index is 11.3. The van der Waals surface area contributed by atoms with Crippen molar-refractivity contribution in [2.24, 2.45) is 0 Å². The lowest BCUT2D eigenvalue weighted by Crippen LogP contribution is -2.44. The van der Waals surface area contributed by atoms with Crippen molar-refractivity contribution in [3.63, 3.8) is 0 Å². The van der Waals surface area contributed by atoms with Crippen LogP contribution >= 0.6 is 0 Å². The first-order valence-corrected chi connectivity index (χ1v) is 7.40. The third kappa shape index (κ3) is 2.98. The van der Waals surface area contributed by atoms with Crippen LogP contribution in [0, 0.1) is 0 Å². The van der Waals surface area contributed by atoms with Gasteiger partial charge in [0.05, 0.1) is 0 Å². The summed E-state index contributed by atoms with van der Waals surface area (Å²) >= 11 is 0. The molecular weight excluding hydrogens is 236 g/mol. The molecule has 19 heavy (non-hydrogen) atoms. The molecule has 102 valence electrons. The van der Waals surface area contributed by atoms with Crippen molar-refractivity contribution in [2.75, 3.05) is 6.54 Å². The Balaban J connectivity index is 1.69. The molecule has 3 rings (SSSR count). The van der Waals surface area contributed by atoms with Crippen molar-refractivity contribution >= 4 is 5.91 Å². The van der Waals surface area contributed by atoms with E-state index in [4.69, 9.17) is 0 Å². The largest absolute Gasteiger partial charge is 0.354 e. The zero-order valence-corrected chi connectivity index (χ0v) is 11.3. The highest BCUT2D eigenvalue weighted by molar-refractivity contribution is 5.78. The van der Waals surface area contributed by atoms with Crippen LogP contribution in [0.5, 0.6) is 0 Å². The number of amides is 1. The van der Waals surface area contributed by atoms with Gasteiger partial charge in [-0.25, -0.2) is 0 Å². The average Bonchev–Trinajstić information content (AvgIpc) is 2.86. The molecule has 1 aliphatic carbocycles. The molecule has 1 aliphatic heterocycles. The van der Waals surface area contributed by atoms with Crippen LogP contribution in [0.15, 0.2) is 30.3 Å². The van der Waals surface area contributed by atoms with Crippen molar-refractivity contribution in [1.29, 1.82) is 0 Å². The van der Waals surface area contributed by atoms with Gasteiger partial charge < -0.3 is 10.6 Å². The number of benzene rings is 1. The molecule has 2 N–H and O–H groups in total. The molecule has 1 aromatic carbocycles. The van der Waals surface area contributed by atoms with E-state index in [1.54, 1.807) is 0 Å². The molecule has 3 heteroatoms. The fourth-order valence-corrected chi connectivity index (χ4v) is 3.46. The first-order chi connectivity index (χ1) is 9.33. The van der Waals surface area contributed by atoms with E-state index in [1.807, 2.05) is 0 Å². The molecular formula is C16H22N2O. The van der Waals surface area contributed by atoms with E-state index >= 15 is 0 Å². The molecule has 2 aliphatic rings. The maximum absolute atomic E-state index is 11.3. The number of hydrogen-bond acceptors (Lipinski definition) is 2. The Bertz CT molecular complexity index is 432. The second kappa shape index (κ2) is 5.74. The van der Waals surface area contributed by atoms with Crippen LogP contribution in [0.25, 0.3) is 0 Å². The molecule has 0 aromatic heterocycles. The van der Waals surface area contributed by atoms with Gasteiger partial charge in [0.1, 0.15) is 0 Å². The second-order valence-electron chi connectivity index (χ2n) is 5.78. The summed E-state index contributed by atoms with van der Waals surface area (Å²) in [6, 6.07) is 11.7. The maximum Gasteiger partial charge on any atom is 0.221 e. The van der Waals surface area contributed by atoms with Crippen LogP contribution in [-0.4, -0.2) is 24.5 Å². The van der Waals surface area contributed by atoms with Crippen LogP contribution in [0.4, 0.5) is 0 Å². The van der Waals surface area contributed by atoms with Crippen LogP contribution in [0.1, 0.15) is 43.6 Å². The highest BCUT2D eigenvalue weighted by Gasteiger charge is 2.30. The van der Waals surface area contributed by atoms with E-state index in [1.165, 1.54) is 31.2 Å². The summed E-state index contributed by atoms with van der Waals surface area (Å²) in [6.07, 6.45) is 5.74. The summed E-state index contributed by atoms with van der Waals surface area (Å²) in [5.41, 5.74) is 1.44. The monoisotopic (exact) mass is 258 g/mol. The van der Waals surface area contributed by atoms with E-state index in [2.05, 4.69) is 41.0 Å². The Kier molecular flexibility index (Phi) is 3.83. The summed E-state index contributed by atoms with van der Waals surface area (Å²) in [7, 11) is 0. The number of carbonyl (C=O) groups is 1. The minimum absolute atomic E-state index is 0.185. The minimum atomic E-state index is 0.185. The predicted octanol–water partition coefficient (Wildman–Crippen LogP) is 2.19. The lowest BCUT2D eigenvalue weighted by Gasteiger charge is -2.34. The molecule has 0 spiro atoms. The summed E-state index contributed by atoms with van der Waals surface area (Å²) < 4.78 is 0. The van der Waals surface area contributed by atoms with Crippen LogP contribution < -0.4 is 10.6 Å². The third-order valence-electron chi connectivity index (χ3n) is 4.42. The zero-order valence-electron chi connectivity index (χ0n) is 11.3. The second-order valence-corrected chi connectivity index (χ2v) is 5.78. The quantitative estimate of drug-likeness (QED) is 0.872. The van der Waals surface area contributed by atoms with Gasteiger partial charge in [-0.1, -0.05) is 43.2 Å². The SMILES string of the molecule is O=C1CC(NC2CCCCC2c2ccccc2)CN1. The van der Waals surface area contributed by atoms with E-state index in [-0.39, 0.29) is 5.91 Å². The van der Waals surface area contributed by atoms with Gasteiger partial charge in [-0.2, -0.15) is 0 Å². The van der Waals surface area contributed by atoms with Crippen LogP contribution in [-0.2, 0) is 4.79 Å². The summed E-state index contributed by atoms with van der Waals surface area (Å²) in [4.78, 5) is 11.3. The van der Waals surface area contributed by atoms with Gasteiger partial charge in [-0.3, -0.25) is 4.79 Å². The third-order valence-corrected chi connectivity index (χ3v) is 4.42. The molecule has 1 heterocycles. The lowest BCUT2D eigenvalue weighted by molar-refractivity contribution is -0.119. The molecule has 2 fully saturated rings. The Morgan fingerprint density at radius 1 is 1.11 bits per heavy atom. The van der Waals surface area contributed by atoms with E-state index in [0.717, 1.165) is 6.54 Å². The van der Waals surface area contributed by atoms with Crippen LogP contribution in [0.2, 0.25) is 0 Å². The molecule has 1 amide bonds. The molecule has 0 bridgehead atoms. The van der Waals surface area contributed by atoms with Gasteiger partial charge in [-0.05, 0) is 24.3 Å². The minimum Gasteiger partial charge on any atom is -0.354 e. The fourth-order valence-electron chi connectivity index (χ4n) is 3.46. The Hall–Kier alpha value is -1.35. The van der Waals surface area contributed by atoms with Gasteiger partial charge >= 0.3 is 0 Å². The first-order valence-electron chi connectivity index (χ1n) is 7.40. The molecule has 1 saturated carbocycles. The summed E-state index contributed by atoms with van der Waals surface area (Å²) in [5, 5.41) is 6.63. The highest BCUT2D eigenvalue weighted by atomic mass is 16.1.